The summed E-state index contributed by atoms with van der Waals surface area (Å²) in [6, 6.07) is 14.4. The first-order valence-corrected chi connectivity index (χ1v) is 7.67. The van der Waals surface area contributed by atoms with Crippen molar-refractivity contribution in [3.05, 3.63) is 64.3 Å². The van der Waals surface area contributed by atoms with Crippen LogP contribution in [-0.2, 0) is 13.1 Å². The second kappa shape index (κ2) is 4.74. The molecular weight excluding hydrogens is 326 g/mol. The highest BCUT2D eigenvalue weighted by molar-refractivity contribution is 9.10. The Bertz CT molecular complexity index is 845. The molecule has 3 nitrogen and oxygen atoms in total. The number of nitrogen functional groups attached to an aromatic ring is 1. The van der Waals surface area contributed by atoms with Gasteiger partial charge in [-0.25, -0.2) is 4.98 Å². The quantitative estimate of drug-likeness (QED) is 0.678. The number of aromatic nitrogens is 1. The van der Waals surface area contributed by atoms with Crippen molar-refractivity contribution in [2.45, 2.75) is 13.1 Å². The highest BCUT2D eigenvalue weighted by Crippen LogP contribution is 2.34. The third-order valence-corrected chi connectivity index (χ3v) is 4.68. The fraction of sp³-hybridized carbons (Fsp3) is 0.118. The Kier molecular flexibility index (Phi) is 2.86. The first-order chi connectivity index (χ1) is 10.2. The van der Waals surface area contributed by atoms with Crippen molar-refractivity contribution in [1.29, 1.82) is 0 Å². The minimum atomic E-state index is 0.823. The minimum absolute atomic E-state index is 0.823. The van der Waals surface area contributed by atoms with Crippen molar-refractivity contribution in [2.24, 2.45) is 0 Å². The maximum Gasteiger partial charge on any atom is 0.137 e. The average Bonchev–Trinajstić information content (AvgIpc) is 2.90. The molecule has 1 aliphatic heterocycles. The second-order valence-corrected chi connectivity index (χ2v) is 6.21. The molecule has 21 heavy (non-hydrogen) atoms. The van der Waals surface area contributed by atoms with Gasteiger partial charge in [-0.1, -0.05) is 34.1 Å². The molecule has 4 rings (SSSR count). The number of halogens is 1. The summed E-state index contributed by atoms with van der Waals surface area (Å²) >= 11 is 3.61. The summed E-state index contributed by atoms with van der Waals surface area (Å²) in [4.78, 5) is 6.91. The van der Waals surface area contributed by atoms with E-state index in [-0.39, 0.29) is 0 Å². The van der Waals surface area contributed by atoms with E-state index in [9.17, 15) is 0 Å². The summed E-state index contributed by atoms with van der Waals surface area (Å²) in [7, 11) is 0. The van der Waals surface area contributed by atoms with Crippen LogP contribution in [0.3, 0.4) is 0 Å². The Balaban J connectivity index is 1.81. The molecule has 0 atom stereocenters. The topological polar surface area (TPSA) is 42.1 Å². The van der Waals surface area contributed by atoms with Crippen LogP contribution in [0.2, 0.25) is 0 Å². The molecule has 0 saturated carbocycles. The van der Waals surface area contributed by atoms with Crippen LogP contribution in [0.5, 0.6) is 0 Å². The van der Waals surface area contributed by atoms with Crippen molar-refractivity contribution in [3.63, 3.8) is 0 Å². The highest BCUT2D eigenvalue weighted by Gasteiger charge is 2.21. The normalized spacial score (nSPS) is 13.7. The number of nitrogens with zero attached hydrogens (tertiary/aromatic N) is 2. The second-order valence-electron chi connectivity index (χ2n) is 5.35. The van der Waals surface area contributed by atoms with Gasteiger partial charge in [-0.05, 0) is 35.4 Å². The molecule has 0 saturated heterocycles. The summed E-state index contributed by atoms with van der Waals surface area (Å²) in [6.07, 6.45) is 1.87. The van der Waals surface area contributed by atoms with Crippen LogP contribution in [0, 0.1) is 0 Å². The summed E-state index contributed by atoms with van der Waals surface area (Å²) in [5.41, 5.74) is 9.34. The maximum absolute atomic E-state index is 5.89. The molecule has 3 aromatic rings. The smallest absolute Gasteiger partial charge is 0.137 e. The van der Waals surface area contributed by atoms with Gasteiger partial charge < -0.3 is 10.6 Å². The van der Waals surface area contributed by atoms with E-state index >= 15 is 0 Å². The Labute approximate surface area is 131 Å². The monoisotopic (exact) mass is 339 g/mol. The molecule has 2 N–H and O–H groups in total. The van der Waals surface area contributed by atoms with E-state index in [0.717, 1.165) is 29.1 Å². The molecule has 1 aromatic heterocycles. The van der Waals surface area contributed by atoms with Gasteiger partial charge in [-0.15, -0.1) is 0 Å². The van der Waals surface area contributed by atoms with Crippen LogP contribution >= 0.6 is 15.9 Å². The summed E-state index contributed by atoms with van der Waals surface area (Å²) in [5, 5.41) is 2.37. The van der Waals surface area contributed by atoms with Crippen LogP contribution in [-0.4, -0.2) is 4.98 Å². The van der Waals surface area contributed by atoms with E-state index in [1.54, 1.807) is 0 Å². The fourth-order valence-corrected chi connectivity index (χ4v) is 3.47. The fourth-order valence-electron chi connectivity index (χ4n) is 2.97. The molecule has 0 unspecified atom stereocenters. The van der Waals surface area contributed by atoms with Gasteiger partial charge in [0.15, 0.2) is 0 Å². The van der Waals surface area contributed by atoms with Crippen LogP contribution in [0.4, 0.5) is 11.5 Å². The molecule has 0 amide bonds. The van der Waals surface area contributed by atoms with Crippen molar-refractivity contribution in [3.8, 4) is 0 Å². The lowest BCUT2D eigenvalue weighted by Crippen LogP contribution is -2.16. The van der Waals surface area contributed by atoms with Gasteiger partial charge >= 0.3 is 0 Å². The zero-order chi connectivity index (χ0) is 14.4. The standard InChI is InChI=1S/C17H14BrN3/c18-16-3-1-2-15-14(16)6-7-20-17(15)21-9-11-4-5-13(19)8-12(11)10-21/h1-8H,9-10,19H2. The maximum atomic E-state index is 5.89. The molecule has 4 heteroatoms. The van der Waals surface area contributed by atoms with Crippen LogP contribution in [0.25, 0.3) is 10.8 Å². The van der Waals surface area contributed by atoms with E-state index < -0.39 is 0 Å². The number of hydrogen-bond acceptors (Lipinski definition) is 3. The SMILES string of the molecule is Nc1ccc2c(c1)CN(c1nccc3c(Br)cccc13)C2. The number of benzene rings is 2. The van der Waals surface area contributed by atoms with E-state index in [1.165, 1.54) is 21.9 Å². The molecule has 0 bridgehead atoms. The van der Waals surface area contributed by atoms with Crippen LogP contribution in [0.15, 0.2) is 53.1 Å². The lowest BCUT2D eigenvalue weighted by Gasteiger charge is -2.18. The summed E-state index contributed by atoms with van der Waals surface area (Å²) < 4.78 is 1.10. The van der Waals surface area contributed by atoms with E-state index in [1.807, 2.05) is 18.3 Å². The van der Waals surface area contributed by atoms with Gasteiger partial charge in [-0.2, -0.15) is 0 Å². The largest absolute Gasteiger partial charge is 0.399 e. The van der Waals surface area contributed by atoms with Crippen molar-refractivity contribution < 1.29 is 0 Å². The molecule has 0 fully saturated rings. The van der Waals surface area contributed by atoms with Crippen molar-refractivity contribution in [1.82, 2.24) is 4.98 Å². The molecule has 0 aliphatic carbocycles. The zero-order valence-electron chi connectivity index (χ0n) is 11.4. The summed E-state index contributed by atoms with van der Waals surface area (Å²) in [6.45, 7) is 1.74. The van der Waals surface area contributed by atoms with Crippen LogP contribution < -0.4 is 10.6 Å². The number of anilines is 2. The van der Waals surface area contributed by atoms with Crippen molar-refractivity contribution >= 4 is 38.2 Å². The predicted molar refractivity (Wildman–Crippen MR) is 90.2 cm³/mol. The number of hydrogen-bond donors (Lipinski definition) is 1. The van der Waals surface area contributed by atoms with Gasteiger partial charge in [0.25, 0.3) is 0 Å². The Morgan fingerprint density at radius 1 is 1.00 bits per heavy atom. The molecule has 104 valence electrons. The van der Waals surface area contributed by atoms with Gasteiger partial charge in [0.1, 0.15) is 5.82 Å². The molecule has 1 aliphatic rings. The molecule has 0 spiro atoms. The Morgan fingerprint density at radius 3 is 2.76 bits per heavy atom. The van der Waals surface area contributed by atoms with Crippen molar-refractivity contribution in [2.75, 3.05) is 10.6 Å². The van der Waals surface area contributed by atoms with Gasteiger partial charge in [0, 0.05) is 40.2 Å². The van der Waals surface area contributed by atoms with Crippen LogP contribution in [0.1, 0.15) is 11.1 Å². The number of fused-ring (bicyclic) bond motifs is 2. The first kappa shape index (κ1) is 12.7. The van der Waals surface area contributed by atoms with Gasteiger partial charge in [0.2, 0.25) is 0 Å². The third-order valence-electron chi connectivity index (χ3n) is 3.98. The highest BCUT2D eigenvalue weighted by atomic mass is 79.9. The molecule has 2 heterocycles. The van der Waals surface area contributed by atoms with E-state index in [2.05, 4.69) is 56.1 Å². The Hall–Kier alpha value is -2.07. The average molecular weight is 340 g/mol. The lowest BCUT2D eigenvalue weighted by molar-refractivity contribution is 0.863. The minimum Gasteiger partial charge on any atom is -0.399 e. The van der Waals surface area contributed by atoms with Gasteiger partial charge in [-0.3, -0.25) is 0 Å². The van der Waals surface area contributed by atoms with E-state index in [0.29, 0.717) is 0 Å². The molecule has 2 aromatic carbocycles. The number of rotatable bonds is 1. The molecular formula is C17H14BrN3. The third kappa shape index (κ3) is 2.07. The van der Waals surface area contributed by atoms with E-state index in [4.69, 9.17) is 5.73 Å². The van der Waals surface area contributed by atoms with Gasteiger partial charge in [0.05, 0.1) is 0 Å². The predicted octanol–water partition coefficient (Wildman–Crippen LogP) is 4.10. The first-order valence-electron chi connectivity index (χ1n) is 6.88. The number of pyridine rings is 1. The molecule has 0 radical (unpaired) electrons. The summed E-state index contributed by atoms with van der Waals surface area (Å²) in [5.74, 6) is 1.03. The lowest BCUT2D eigenvalue weighted by atomic mass is 10.1. The number of nitrogens with two attached hydrogens (primary N) is 1. The zero-order valence-corrected chi connectivity index (χ0v) is 13.0. The Morgan fingerprint density at radius 2 is 1.86 bits per heavy atom.